The van der Waals surface area contributed by atoms with Gasteiger partial charge in [0, 0.05) is 19.0 Å². The molecule has 1 amide bonds. The Kier molecular flexibility index (Phi) is 3.17. The molecule has 1 rings (SSSR count). The first-order chi connectivity index (χ1) is 6.50. The highest BCUT2D eigenvalue weighted by Gasteiger charge is 2.07. The average Bonchev–Trinajstić information content (AvgIpc) is 2.09. The molecule has 4 heteroatoms. The Hall–Kier alpha value is -1.45. The molecule has 0 saturated heterocycles. The minimum Gasteiger partial charge on any atom is -0.352 e. The highest BCUT2D eigenvalue weighted by Crippen LogP contribution is 2.13. The summed E-state index contributed by atoms with van der Waals surface area (Å²) in [5, 5.41) is 2.40. The SMILES string of the molecule is CC(=O)NCc1cc(F)c(C)cc1F. The van der Waals surface area contributed by atoms with Gasteiger partial charge in [0.05, 0.1) is 0 Å². The molecular formula is C10H11F2NO. The van der Waals surface area contributed by atoms with E-state index in [1.165, 1.54) is 13.8 Å². The zero-order valence-electron chi connectivity index (χ0n) is 8.03. The minimum atomic E-state index is -0.502. The molecule has 0 aromatic heterocycles. The molecule has 0 aliphatic rings. The fourth-order valence-electron chi connectivity index (χ4n) is 1.04. The van der Waals surface area contributed by atoms with Crippen LogP contribution in [-0.4, -0.2) is 5.91 Å². The molecule has 1 aromatic carbocycles. The predicted molar refractivity (Wildman–Crippen MR) is 48.6 cm³/mol. The molecule has 0 aliphatic heterocycles. The average molecular weight is 199 g/mol. The molecule has 1 N–H and O–H groups in total. The van der Waals surface area contributed by atoms with Crippen LogP contribution in [0.3, 0.4) is 0 Å². The first kappa shape index (κ1) is 10.6. The van der Waals surface area contributed by atoms with Gasteiger partial charge in [-0.1, -0.05) is 0 Å². The second-order valence-electron chi connectivity index (χ2n) is 3.10. The normalized spacial score (nSPS) is 10.0. The van der Waals surface area contributed by atoms with E-state index >= 15 is 0 Å². The molecule has 76 valence electrons. The maximum atomic E-state index is 13.2. The molecule has 0 bridgehead atoms. The van der Waals surface area contributed by atoms with Crippen LogP contribution in [0.2, 0.25) is 0 Å². The van der Waals surface area contributed by atoms with Crippen molar-refractivity contribution < 1.29 is 13.6 Å². The number of carbonyl (C=O) groups excluding carboxylic acids is 1. The Balaban J connectivity index is 2.87. The Bertz CT molecular complexity index is 363. The standard InChI is InChI=1S/C10H11F2NO/c1-6-3-10(12)8(4-9(6)11)5-13-7(2)14/h3-4H,5H2,1-2H3,(H,13,14). The maximum Gasteiger partial charge on any atom is 0.217 e. The molecule has 0 atom stereocenters. The fraction of sp³-hybridized carbons (Fsp3) is 0.300. The summed E-state index contributed by atoms with van der Waals surface area (Å²) in [5.41, 5.74) is 0.414. The molecule has 0 aliphatic carbocycles. The fourth-order valence-corrected chi connectivity index (χ4v) is 1.04. The summed E-state index contributed by atoms with van der Waals surface area (Å²) in [5.74, 6) is -1.24. The van der Waals surface area contributed by atoms with E-state index in [2.05, 4.69) is 5.32 Å². The Labute approximate surface area is 80.9 Å². The van der Waals surface area contributed by atoms with Crippen molar-refractivity contribution in [3.05, 3.63) is 34.9 Å². The lowest BCUT2D eigenvalue weighted by atomic mass is 10.1. The van der Waals surface area contributed by atoms with Gasteiger partial charge in [-0.25, -0.2) is 8.78 Å². The van der Waals surface area contributed by atoms with Crippen molar-refractivity contribution in [2.24, 2.45) is 0 Å². The molecule has 0 fully saturated rings. The van der Waals surface area contributed by atoms with Crippen LogP contribution in [0.5, 0.6) is 0 Å². The summed E-state index contributed by atoms with van der Waals surface area (Å²) in [6, 6.07) is 2.22. The number of carbonyl (C=O) groups is 1. The molecule has 1 aromatic rings. The van der Waals surface area contributed by atoms with Gasteiger partial charge in [-0.05, 0) is 24.6 Å². The van der Waals surface area contributed by atoms with E-state index in [-0.39, 0.29) is 23.6 Å². The van der Waals surface area contributed by atoms with E-state index in [9.17, 15) is 13.6 Å². The van der Waals surface area contributed by atoms with E-state index in [1.54, 1.807) is 0 Å². The van der Waals surface area contributed by atoms with E-state index < -0.39 is 11.6 Å². The Morgan fingerprint density at radius 3 is 2.57 bits per heavy atom. The largest absolute Gasteiger partial charge is 0.352 e. The maximum absolute atomic E-state index is 13.2. The van der Waals surface area contributed by atoms with Gasteiger partial charge in [0.1, 0.15) is 11.6 Å². The van der Waals surface area contributed by atoms with Gasteiger partial charge < -0.3 is 5.32 Å². The Morgan fingerprint density at radius 2 is 2.00 bits per heavy atom. The summed E-state index contributed by atoms with van der Waals surface area (Å²) in [7, 11) is 0. The minimum absolute atomic E-state index is 0.0123. The molecule has 14 heavy (non-hydrogen) atoms. The number of amides is 1. The highest BCUT2D eigenvalue weighted by atomic mass is 19.1. The van der Waals surface area contributed by atoms with Crippen LogP contribution < -0.4 is 5.32 Å². The Morgan fingerprint density at radius 1 is 1.36 bits per heavy atom. The summed E-state index contributed by atoms with van der Waals surface area (Å²) in [4.78, 5) is 10.6. The van der Waals surface area contributed by atoms with E-state index in [1.807, 2.05) is 0 Å². The number of hydrogen-bond donors (Lipinski definition) is 1. The molecular weight excluding hydrogens is 188 g/mol. The van der Waals surface area contributed by atoms with E-state index in [0.29, 0.717) is 0 Å². The highest BCUT2D eigenvalue weighted by molar-refractivity contribution is 5.72. The molecule has 0 unspecified atom stereocenters. The monoisotopic (exact) mass is 199 g/mol. The first-order valence-corrected chi connectivity index (χ1v) is 4.19. The summed E-state index contributed by atoms with van der Waals surface area (Å²) < 4.78 is 26.2. The second kappa shape index (κ2) is 4.17. The van der Waals surface area contributed by atoms with Gasteiger partial charge >= 0.3 is 0 Å². The van der Waals surface area contributed by atoms with Gasteiger partial charge in [-0.3, -0.25) is 4.79 Å². The first-order valence-electron chi connectivity index (χ1n) is 4.19. The molecule has 0 heterocycles. The van der Waals surface area contributed by atoms with Crippen molar-refractivity contribution in [3.8, 4) is 0 Å². The molecule has 0 saturated carbocycles. The quantitative estimate of drug-likeness (QED) is 0.774. The zero-order valence-corrected chi connectivity index (χ0v) is 8.03. The number of halogens is 2. The second-order valence-corrected chi connectivity index (χ2v) is 3.10. The van der Waals surface area contributed by atoms with E-state index in [0.717, 1.165) is 12.1 Å². The van der Waals surface area contributed by atoms with Crippen molar-refractivity contribution in [3.63, 3.8) is 0 Å². The van der Waals surface area contributed by atoms with Crippen LogP contribution in [-0.2, 0) is 11.3 Å². The summed E-state index contributed by atoms with van der Waals surface area (Å²) >= 11 is 0. The number of aryl methyl sites for hydroxylation is 1. The number of benzene rings is 1. The van der Waals surface area contributed by atoms with Gasteiger partial charge in [0.25, 0.3) is 0 Å². The van der Waals surface area contributed by atoms with Crippen LogP contribution in [0.4, 0.5) is 8.78 Å². The van der Waals surface area contributed by atoms with Crippen molar-refractivity contribution in [2.75, 3.05) is 0 Å². The molecule has 2 nitrogen and oxygen atoms in total. The zero-order chi connectivity index (χ0) is 10.7. The van der Waals surface area contributed by atoms with Crippen LogP contribution >= 0.6 is 0 Å². The van der Waals surface area contributed by atoms with Gasteiger partial charge in [-0.15, -0.1) is 0 Å². The predicted octanol–water partition coefficient (Wildman–Crippen LogP) is 1.91. The smallest absolute Gasteiger partial charge is 0.217 e. The van der Waals surface area contributed by atoms with Crippen molar-refractivity contribution in [2.45, 2.75) is 20.4 Å². The number of rotatable bonds is 2. The van der Waals surface area contributed by atoms with Crippen LogP contribution in [0, 0.1) is 18.6 Å². The summed E-state index contributed by atoms with van der Waals surface area (Å²) in [6.45, 7) is 2.82. The lowest BCUT2D eigenvalue weighted by molar-refractivity contribution is -0.119. The third-order valence-corrected chi connectivity index (χ3v) is 1.86. The van der Waals surface area contributed by atoms with Gasteiger partial charge in [-0.2, -0.15) is 0 Å². The lowest BCUT2D eigenvalue weighted by Gasteiger charge is -2.05. The van der Waals surface area contributed by atoms with Crippen LogP contribution in [0.15, 0.2) is 12.1 Å². The van der Waals surface area contributed by atoms with Crippen molar-refractivity contribution in [1.29, 1.82) is 0 Å². The lowest BCUT2D eigenvalue weighted by Crippen LogP contribution is -2.19. The number of nitrogens with one attached hydrogen (secondary N) is 1. The molecule has 0 spiro atoms. The van der Waals surface area contributed by atoms with E-state index in [4.69, 9.17) is 0 Å². The number of hydrogen-bond acceptors (Lipinski definition) is 1. The third-order valence-electron chi connectivity index (χ3n) is 1.86. The van der Waals surface area contributed by atoms with Crippen LogP contribution in [0.25, 0.3) is 0 Å². The van der Waals surface area contributed by atoms with Crippen LogP contribution in [0.1, 0.15) is 18.1 Å². The summed E-state index contributed by atoms with van der Waals surface area (Å²) in [6.07, 6.45) is 0. The van der Waals surface area contributed by atoms with Gasteiger partial charge in [0.15, 0.2) is 0 Å². The topological polar surface area (TPSA) is 29.1 Å². The van der Waals surface area contributed by atoms with Crippen molar-refractivity contribution >= 4 is 5.91 Å². The molecule has 0 radical (unpaired) electrons. The third kappa shape index (κ3) is 2.52. The van der Waals surface area contributed by atoms with Crippen molar-refractivity contribution in [1.82, 2.24) is 5.32 Å². The van der Waals surface area contributed by atoms with Gasteiger partial charge in [0.2, 0.25) is 5.91 Å².